The third kappa shape index (κ3) is 4.45. The molecule has 25 heavy (non-hydrogen) atoms. The Labute approximate surface area is 150 Å². The first-order valence-electron chi connectivity index (χ1n) is 7.85. The van der Waals surface area contributed by atoms with Crippen molar-refractivity contribution in [3.05, 3.63) is 70.6 Å². The minimum atomic E-state index is -0.619. The van der Waals surface area contributed by atoms with Gasteiger partial charge in [-0.1, -0.05) is 41.4 Å². The van der Waals surface area contributed by atoms with Gasteiger partial charge in [0.05, 0.1) is 6.42 Å². The summed E-state index contributed by atoms with van der Waals surface area (Å²) in [5.74, 6) is 0.292. The average Bonchev–Trinajstić information content (AvgIpc) is 3.08. The number of carbonyl (C=O) groups is 1. The molecule has 3 rings (SSSR count). The van der Waals surface area contributed by atoms with E-state index < -0.39 is 6.10 Å². The van der Waals surface area contributed by atoms with Gasteiger partial charge in [-0.3, -0.25) is 4.79 Å². The molecule has 0 fully saturated rings. The number of nitrogens with zero attached hydrogens (tertiary/aromatic N) is 2. The van der Waals surface area contributed by atoms with E-state index in [2.05, 4.69) is 10.2 Å². The highest BCUT2D eigenvalue weighted by Crippen LogP contribution is 2.23. The summed E-state index contributed by atoms with van der Waals surface area (Å²) in [5.41, 5.74) is 2.80. The van der Waals surface area contributed by atoms with Gasteiger partial charge in [0.1, 0.15) is 0 Å². The van der Waals surface area contributed by atoms with Crippen molar-refractivity contribution in [3.63, 3.8) is 0 Å². The molecule has 0 radical (unpaired) electrons. The van der Waals surface area contributed by atoms with Gasteiger partial charge in [-0.2, -0.15) is 0 Å². The van der Waals surface area contributed by atoms with E-state index in [9.17, 15) is 4.79 Å². The van der Waals surface area contributed by atoms with Gasteiger partial charge in [-0.15, -0.1) is 10.2 Å². The minimum Gasteiger partial charge on any atom is -0.452 e. The van der Waals surface area contributed by atoms with Crippen LogP contribution in [0, 0.1) is 6.92 Å². The lowest BCUT2D eigenvalue weighted by Gasteiger charge is -2.09. The van der Waals surface area contributed by atoms with E-state index in [1.54, 1.807) is 31.2 Å². The van der Waals surface area contributed by atoms with Crippen molar-refractivity contribution in [1.82, 2.24) is 10.2 Å². The quantitative estimate of drug-likeness (QED) is 0.627. The van der Waals surface area contributed by atoms with Crippen LogP contribution in [0.5, 0.6) is 0 Å². The zero-order valence-electron chi connectivity index (χ0n) is 13.9. The molecule has 2 aromatic carbocycles. The highest BCUT2D eigenvalue weighted by atomic mass is 35.5. The number of hydrogen-bond donors (Lipinski definition) is 0. The van der Waals surface area contributed by atoms with E-state index in [1.165, 1.54) is 0 Å². The smallest absolute Gasteiger partial charge is 0.311 e. The van der Waals surface area contributed by atoms with Crippen molar-refractivity contribution in [2.45, 2.75) is 26.4 Å². The molecule has 0 N–H and O–H groups in total. The first-order chi connectivity index (χ1) is 12.0. The Bertz CT molecular complexity index is 857. The Kier molecular flexibility index (Phi) is 5.14. The normalized spacial score (nSPS) is 12.0. The van der Waals surface area contributed by atoms with Crippen molar-refractivity contribution in [3.8, 4) is 11.5 Å². The third-order valence-electron chi connectivity index (χ3n) is 3.66. The molecule has 0 amide bonds. The fraction of sp³-hybridized carbons (Fsp3) is 0.211. The average molecular weight is 357 g/mol. The second-order valence-electron chi connectivity index (χ2n) is 5.75. The van der Waals surface area contributed by atoms with E-state index in [0.29, 0.717) is 10.9 Å². The summed E-state index contributed by atoms with van der Waals surface area (Å²) < 4.78 is 11.0. The SMILES string of the molecule is Cc1ccc(-c2nnc(C(C)OC(=O)Cc3ccc(Cl)cc3)o2)cc1. The predicted octanol–water partition coefficient (Wildman–Crippen LogP) is 4.55. The van der Waals surface area contributed by atoms with Crippen molar-refractivity contribution in [2.75, 3.05) is 0 Å². The summed E-state index contributed by atoms with van der Waals surface area (Å²) in [4.78, 5) is 12.1. The molecule has 1 unspecified atom stereocenters. The molecule has 6 heteroatoms. The maximum atomic E-state index is 12.1. The monoisotopic (exact) mass is 356 g/mol. The number of aryl methyl sites for hydroxylation is 1. The molecule has 0 saturated carbocycles. The number of aromatic nitrogens is 2. The first-order valence-corrected chi connectivity index (χ1v) is 8.23. The molecule has 1 atom stereocenters. The number of benzene rings is 2. The van der Waals surface area contributed by atoms with Crippen molar-refractivity contribution in [2.24, 2.45) is 0 Å². The van der Waals surface area contributed by atoms with Crippen LogP contribution in [0.15, 0.2) is 52.9 Å². The Hall–Kier alpha value is -2.66. The van der Waals surface area contributed by atoms with Gasteiger partial charge < -0.3 is 9.15 Å². The van der Waals surface area contributed by atoms with E-state index in [-0.39, 0.29) is 18.3 Å². The van der Waals surface area contributed by atoms with E-state index in [4.69, 9.17) is 20.8 Å². The molecule has 0 spiro atoms. The van der Waals surface area contributed by atoms with Crippen molar-refractivity contribution >= 4 is 17.6 Å². The van der Waals surface area contributed by atoms with Crippen molar-refractivity contribution in [1.29, 1.82) is 0 Å². The van der Waals surface area contributed by atoms with Gasteiger partial charge in [0.25, 0.3) is 5.89 Å². The lowest BCUT2D eigenvalue weighted by molar-refractivity contribution is -0.148. The molecular weight excluding hydrogens is 340 g/mol. The summed E-state index contributed by atoms with van der Waals surface area (Å²) in [6.07, 6.45) is -0.466. The fourth-order valence-corrected chi connectivity index (χ4v) is 2.40. The number of carbonyl (C=O) groups excluding carboxylic acids is 1. The zero-order valence-corrected chi connectivity index (χ0v) is 14.7. The first kappa shape index (κ1) is 17.2. The van der Waals surface area contributed by atoms with Gasteiger partial charge >= 0.3 is 5.97 Å². The van der Waals surface area contributed by atoms with Gasteiger partial charge in [0.2, 0.25) is 5.89 Å². The summed E-state index contributed by atoms with van der Waals surface area (Å²) in [5, 5.41) is 8.62. The molecule has 0 aliphatic heterocycles. The lowest BCUT2D eigenvalue weighted by atomic mass is 10.1. The van der Waals surface area contributed by atoms with Crippen LogP contribution >= 0.6 is 11.6 Å². The standard InChI is InChI=1S/C19H17ClN2O3/c1-12-3-7-15(8-4-12)19-22-21-18(25-19)13(2)24-17(23)11-14-5-9-16(20)10-6-14/h3-10,13H,11H2,1-2H3. The molecule has 5 nitrogen and oxygen atoms in total. The highest BCUT2D eigenvalue weighted by molar-refractivity contribution is 6.30. The zero-order chi connectivity index (χ0) is 17.8. The van der Waals surface area contributed by atoms with Crippen molar-refractivity contribution < 1.29 is 13.9 Å². The second kappa shape index (κ2) is 7.49. The Morgan fingerprint density at radius 2 is 1.80 bits per heavy atom. The number of ether oxygens (including phenoxy) is 1. The van der Waals surface area contributed by atoms with E-state index >= 15 is 0 Å². The molecule has 3 aromatic rings. The summed E-state index contributed by atoms with van der Waals surface area (Å²) in [7, 11) is 0. The topological polar surface area (TPSA) is 65.2 Å². The van der Waals surface area contributed by atoms with Gasteiger partial charge in [0.15, 0.2) is 6.10 Å². The molecule has 1 heterocycles. The number of esters is 1. The molecule has 1 aromatic heterocycles. The van der Waals surface area contributed by atoms with Crippen LogP contribution in [0.25, 0.3) is 11.5 Å². The minimum absolute atomic E-state index is 0.153. The van der Waals surface area contributed by atoms with Crippen LogP contribution in [-0.2, 0) is 16.0 Å². The largest absolute Gasteiger partial charge is 0.452 e. The number of hydrogen-bond acceptors (Lipinski definition) is 5. The Morgan fingerprint density at radius 1 is 1.12 bits per heavy atom. The molecule has 0 aliphatic carbocycles. The number of halogens is 1. The van der Waals surface area contributed by atoms with E-state index in [0.717, 1.165) is 16.7 Å². The lowest BCUT2D eigenvalue weighted by Crippen LogP contribution is -2.11. The van der Waals surface area contributed by atoms with Crippen LogP contribution in [0.4, 0.5) is 0 Å². The third-order valence-corrected chi connectivity index (χ3v) is 3.91. The van der Waals surface area contributed by atoms with Crippen LogP contribution < -0.4 is 0 Å². The van der Waals surface area contributed by atoms with E-state index in [1.807, 2.05) is 31.2 Å². The van der Waals surface area contributed by atoms with Gasteiger partial charge in [-0.25, -0.2) is 0 Å². The summed E-state index contributed by atoms with van der Waals surface area (Å²) in [6, 6.07) is 14.8. The highest BCUT2D eigenvalue weighted by Gasteiger charge is 2.19. The summed E-state index contributed by atoms with van der Waals surface area (Å²) >= 11 is 5.83. The van der Waals surface area contributed by atoms with Crippen LogP contribution in [0.2, 0.25) is 5.02 Å². The molecule has 0 saturated heterocycles. The predicted molar refractivity (Wildman–Crippen MR) is 94.1 cm³/mol. The fourth-order valence-electron chi connectivity index (χ4n) is 2.27. The van der Waals surface area contributed by atoms with Crippen LogP contribution in [0.1, 0.15) is 30.0 Å². The van der Waals surface area contributed by atoms with Gasteiger partial charge in [0, 0.05) is 10.6 Å². The number of rotatable bonds is 5. The molecule has 128 valence electrons. The maximum absolute atomic E-state index is 12.1. The molecule has 0 aliphatic rings. The molecule has 0 bridgehead atoms. The molecular formula is C19H17ClN2O3. The van der Waals surface area contributed by atoms with Crippen LogP contribution in [0.3, 0.4) is 0 Å². The Morgan fingerprint density at radius 3 is 2.48 bits per heavy atom. The van der Waals surface area contributed by atoms with Crippen LogP contribution in [-0.4, -0.2) is 16.2 Å². The summed E-state index contributed by atoms with van der Waals surface area (Å²) in [6.45, 7) is 3.71. The Balaban J connectivity index is 1.63. The second-order valence-corrected chi connectivity index (χ2v) is 6.18. The van der Waals surface area contributed by atoms with Gasteiger partial charge in [-0.05, 0) is 43.7 Å². The maximum Gasteiger partial charge on any atom is 0.311 e.